The zero-order valence-corrected chi connectivity index (χ0v) is 46.0. The van der Waals surface area contributed by atoms with Crippen LogP contribution in [-0.4, -0.2) is 37.2 Å². The Balaban J connectivity index is 4.22. The molecule has 0 aromatic carbocycles. The van der Waals surface area contributed by atoms with Crippen LogP contribution in [0.2, 0.25) is 0 Å². The maximum absolute atomic E-state index is 12.9. The molecule has 0 N–H and O–H groups in total. The summed E-state index contributed by atoms with van der Waals surface area (Å²) in [5, 5.41) is 0. The largest absolute Gasteiger partial charge is 0.462 e. The summed E-state index contributed by atoms with van der Waals surface area (Å²) < 4.78 is 16.9. The lowest BCUT2D eigenvalue weighted by Crippen LogP contribution is -2.30. The van der Waals surface area contributed by atoms with E-state index in [-0.39, 0.29) is 31.1 Å². The van der Waals surface area contributed by atoms with Gasteiger partial charge < -0.3 is 14.2 Å². The predicted octanol–water partition coefficient (Wildman–Crippen LogP) is 20.0. The van der Waals surface area contributed by atoms with Crippen molar-refractivity contribution in [2.75, 3.05) is 13.2 Å². The van der Waals surface area contributed by atoms with Gasteiger partial charge in [0.2, 0.25) is 0 Å². The molecule has 0 aliphatic carbocycles. The Hall–Kier alpha value is -1.59. The molecule has 67 heavy (non-hydrogen) atoms. The fourth-order valence-electron chi connectivity index (χ4n) is 9.37. The quantitative estimate of drug-likeness (QED) is 0.0343. The number of carbonyl (C=O) groups is 3. The monoisotopic (exact) mass is 947 g/mol. The third kappa shape index (κ3) is 53.6. The maximum Gasteiger partial charge on any atom is 0.306 e. The number of unbranched alkanes of at least 4 members (excludes halogenated alkanes) is 39. The summed E-state index contributed by atoms with van der Waals surface area (Å²) in [6, 6.07) is 0. The van der Waals surface area contributed by atoms with Gasteiger partial charge in [-0.2, -0.15) is 0 Å². The van der Waals surface area contributed by atoms with E-state index in [2.05, 4.69) is 34.6 Å². The second-order valence-corrected chi connectivity index (χ2v) is 21.7. The van der Waals surface area contributed by atoms with Crippen LogP contribution in [0, 0.1) is 11.8 Å². The van der Waals surface area contributed by atoms with Crippen LogP contribution in [0.1, 0.15) is 343 Å². The highest BCUT2D eigenvalue weighted by Gasteiger charge is 2.19. The molecular formula is C61H118O6. The maximum atomic E-state index is 12.9. The fraction of sp³-hybridized carbons (Fsp3) is 0.951. The van der Waals surface area contributed by atoms with Gasteiger partial charge in [0.15, 0.2) is 6.10 Å². The topological polar surface area (TPSA) is 78.9 Å². The van der Waals surface area contributed by atoms with Crippen molar-refractivity contribution >= 4 is 17.9 Å². The molecular weight excluding hydrogens is 829 g/mol. The Kier molecular flexibility index (Phi) is 52.5. The third-order valence-corrected chi connectivity index (χ3v) is 14.3. The fourth-order valence-corrected chi connectivity index (χ4v) is 9.37. The molecule has 0 aliphatic rings. The zero-order chi connectivity index (χ0) is 48.9. The smallest absolute Gasteiger partial charge is 0.306 e. The summed E-state index contributed by atoms with van der Waals surface area (Å²) in [7, 11) is 0. The Labute approximate surface area is 418 Å². The molecule has 0 bridgehead atoms. The first kappa shape index (κ1) is 65.4. The lowest BCUT2D eigenvalue weighted by molar-refractivity contribution is -0.167. The highest BCUT2D eigenvalue weighted by atomic mass is 16.6. The van der Waals surface area contributed by atoms with Gasteiger partial charge in [0.25, 0.3) is 0 Å². The average Bonchev–Trinajstić information content (AvgIpc) is 3.31. The molecule has 6 heteroatoms. The first-order valence-electron chi connectivity index (χ1n) is 30.3. The van der Waals surface area contributed by atoms with E-state index in [9.17, 15) is 14.4 Å². The molecule has 0 saturated heterocycles. The van der Waals surface area contributed by atoms with Crippen LogP contribution < -0.4 is 0 Å². The van der Waals surface area contributed by atoms with E-state index in [1.807, 2.05) is 0 Å². The summed E-state index contributed by atoms with van der Waals surface area (Å²) in [5.41, 5.74) is 0. The SMILES string of the molecule is CCCCCCCCCCCCCCC(=O)OC[C@H](COC(=O)CCCCCCCCCCCCCCCCCCCCC(C)CC)OC(=O)CCCCCCCCCCCCCCC(C)C. The van der Waals surface area contributed by atoms with Crippen molar-refractivity contribution in [3.05, 3.63) is 0 Å². The van der Waals surface area contributed by atoms with Crippen LogP contribution in [0.15, 0.2) is 0 Å². The van der Waals surface area contributed by atoms with Gasteiger partial charge in [-0.1, -0.05) is 304 Å². The van der Waals surface area contributed by atoms with Gasteiger partial charge in [-0.15, -0.1) is 0 Å². The Morgan fingerprint density at radius 1 is 0.313 bits per heavy atom. The minimum atomic E-state index is -0.762. The minimum absolute atomic E-state index is 0.0624. The first-order chi connectivity index (χ1) is 32.8. The second kappa shape index (κ2) is 53.8. The predicted molar refractivity (Wildman–Crippen MR) is 289 cm³/mol. The number of hydrogen-bond donors (Lipinski definition) is 0. The number of esters is 3. The summed E-state index contributed by atoms with van der Waals surface area (Å²) in [4.78, 5) is 38.2. The summed E-state index contributed by atoms with van der Waals surface area (Å²) >= 11 is 0. The van der Waals surface area contributed by atoms with E-state index in [0.717, 1.165) is 69.6 Å². The van der Waals surface area contributed by atoms with Crippen molar-refractivity contribution in [2.24, 2.45) is 11.8 Å². The van der Waals surface area contributed by atoms with Crippen LogP contribution >= 0.6 is 0 Å². The van der Waals surface area contributed by atoms with Crippen molar-refractivity contribution < 1.29 is 28.6 Å². The van der Waals surface area contributed by atoms with E-state index >= 15 is 0 Å². The molecule has 6 nitrogen and oxygen atoms in total. The van der Waals surface area contributed by atoms with Crippen LogP contribution in [0.3, 0.4) is 0 Å². The molecule has 0 amide bonds. The zero-order valence-electron chi connectivity index (χ0n) is 46.0. The van der Waals surface area contributed by atoms with E-state index in [4.69, 9.17) is 14.2 Å². The van der Waals surface area contributed by atoms with Crippen LogP contribution in [0.25, 0.3) is 0 Å². The van der Waals surface area contributed by atoms with Gasteiger partial charge >= 0.3 is 17.9 Å². The van der Waals surface area contributed by atoms with Crippen LogP contribution in [-0.2, 0) is 28.6 Å². The van der Waals surface area contributed by atoms with E-state index < -0.39 is 6.10 Å². The standard InChI is InChI=1S/C61H118O6/c1-6-8-9-10-11-12-13-26-31-36-41-46-51-59(62)65-54-58(67-61(64)53-48-43-38-33-28-23-22-24-29-34-39-44-49-56(3)4)55-66-60(63)52-47-42-37-32-27-21-19-17-15-14-16-18-20-25-30-35-40-45-50-57(5)7-2/h56-58H,6-55H2,1-5H3/t57?,58-/m1/s1. The molecule has 1 unspecified atom stereocenters. The minimum Gasteiger partial charge on any atom is -0.462 e. The molecule has 0 heterocycles. The molecule has 0 saturated carbocycles. The van der Waals surface area contributed by atoms with Gasteiger partial charge in [0.05, 0.1) is 0 Å². The first-order valence-corrected chi connectivity index (χ1v) is 30.3. The van der Waals surface area contributed by atoms with Crippen molar-refractivity contribution in [2.45, 2.75) is 349 Å². The van der Waals surface area contributed by atoms with Gasteiger partial charge in [-0.05, 0) is 31.1 Å². The van der Waals surface area contributed by atoms with E-state index in [1.165, 1.54) is 231 Å². The highest BCUT2D eigenvalue weighted by Crippen LogP contribution is 2.19. The van der Waals surface area contributed by atoms with Crippen molar-refractivity contribution in [1.29, 1.82) is 0 Å². The van der Waals surface area contributed by atoms with E-state index in [1.54, 1.807) is 0 Å². The third-order valence-electron chi connectivity index (χ3n) is 14.3. The van der Waals surface area contributed by atoms with Crippen molar-refractivity contribution in [1.82, 2.24) is 0 Å². The van der Waals surface area contributed by atoms with E-state index in [0.29, 0.717) is 19.3 Å². The van der Waals surface area contributed by atoms with Crippen molar-refractivity contribution in [3.63, 3.8) is 0 Å². The molecule has 0 spiro atoms. The summed E-state index contributed by atoms with van der Waals surface area (Å²) in [6.45, 7) is 11.5. The van der Waals surface area contributed by atoms with Gasteiger partial charge in [0.1, 0.15) is 13.2 Å². The van der Waals surface area contributed by atoms with Gasteiger partial charge in [-0.25, -0.2) is 0 Å². The Morgan fingerprint density at radius 2 is 0.567 bits per heavy atom. The van der Waals surface area contributed by atoms with Gasteiger partial charge in [0, 0.05) is 19.3 Å². The summed E-state index contributed by atoms with van der Waals surface area (Å²) in [6.07, 6.45) is 58.1. The lowest BCUT2D eigenvalue weighted by Gasteiger charge is -2.18. The Bertz CT molecular complexity index is 1030. The molecule has 0 aliphatic heterocycles. The summed E-state index contributed by atoms with van der Waals surface area (Å²) in [5.74, 6) is 0.905. The van der Waals surface area contributed by atoms with Gasteiger partial charge in [-0.3, -0.25) is 14.4 Å². The number of carbonyl (C=O) groups excluding carboxylic acids is 3. The average molecular weight is 948 g/mol. The van der Waals surface area contributed by atoms with Crippen LogP contribution in [0.4, 0.5) is 0 Å². The number of hydrogen-bond acceptors (Lipinski definition) is 6. The molecule has 2 atom stereocenters. The number of rotatable bonds is 55. The molecule has 0 radical (unpaired) electrons. The highest BCUT2D eigenvalue weighted by molar-refractivity contribution is 5.71. The Morgan fingerprint density at radius 3 is 0.851 bits per heavy atom. The molecule has 398 valence electrons. The normalized spacial score (nSPS) is 12.4. The molecule has 0 rings (SSSR count). The second-order valence-electron chi connectivity index (χ2n) is 21.7. The van der Waals surface area contributed by atoms with Crippen LogP contribution in [0.5, 0.6) is 0 Å². The number of ether oxygens (including phenoxy) is 3. The van der Waals surface area contributed by atoms with Crippen molar-refractivity contribution in [3.8, 4) is 0 Å². The molecule has 0 aromatic heterocycles. The molecule has 0 aromatic rings. The lowest BCUT2D eigenvalue weighted by atomic mass is 9.99. The molecule has 0 fully saturated rings.